The average Bonchev–Trinajstić information content (AvgIpc) is 3.03. The van der Waals surface area contributed by atoms with E-state index in [4.69, 9.17) is 23.2 Å². The molecule has 0 saturated carbocycles. The zero-order valence-electron chi connectivity index (χ0n) is 15.8. The third-order valence-electron chi connectivity index (χ3n) is 4.11. The van der Waals surface area contributed by atoms with Crippen molar-refractivity contribution in [1.29, 1.82) is 0 Å². The number of Topliss-reactive ketones (excluding diaryl/α,β-unsaturated/α-hetero) is 1. The second-order valence-electron chi connectivity index (χ2n) is 6.37. The van der Waals surface area contributed by atoms with Crippen molar-refractivity contribution in [2.75, 3.05) is 11.1 Å². The Morgan fingerprint density at radius 1 is 1.17 bits per heavy atom. The molecule has 4 nitrogen and oxygen atoms in total. The van der Waals surface area contributed by atoms with Gasteiger partial charge >= 0.3 is 0 Å². The van der Waals surface area contributed by atoms with Gasteiger partial charge in [-0.1, -0.05) is 47.1 Å². The lowest BCUT2D eigenvalue weighted by Crippen LogP contribution is -2.14. The predicted octanol–water partition coefficient (Wildman–Crippen LogP) is 6.28. The standard InChI is InChI=1S/C21H18Cl2N2O2S2/c1-12-19(10-15-8-16(22)6-7-18(15)23)29-21(24-12)28-11-20(27)25-17-5-3-4-14(9-17)13(2)26/h3-9H,10-11H2,1-2H3,(H,25,27). The summed E-state index contributed by atoms with van der Waals surface area (Å²) in [6, 6.07) is 12.3. The first-order valence-electron chi connectivity index (χ1n) is 8.75. The van der Waals surface area contributed by atoms with Crippen molar-refractivity contribution in [2.45, 2.75) is 24.6 Å². The molecule has 29 heavy (non-hydrogen) atoms. The van der Waals surface area contributed by atoms with Crippen LogP contribution in [0.1, 0.15) is 33.4 Å². The fraction of sp³-hybridized carbons (Fsp3) is 0.190. The van der Waals surface area contributed by atoms with Gasteiger partial charge in [0.2, 0.25) is 5.91 Å². The summed E-state index contributed by atoms with van der Waals surface area (Å²) in [6.45, 7) is 3.44. The number of thioether (sulfide) groups is 1. The number of nitrogens with one attached hydrogen (secondary N) is 1. The number of hydrogen-bond donors (Lipinski definition) is 1. The first-order valence-corrected chi connectivity index (χ1v) is 11.3. The molecule has 1 N–H and O–H groups in total. The smallest absolute Gasteiger partial charge is 0.234 e. The number of aromatic nitrogens is 1. The molecule has 3 rings (SSSR count). The highest BCUT2D eigenvalue weighted by atomic mass is 35.5. The molecule has 0 aliphatic carbocycles. The summed E-state index contributed by atoms with van der Waals surface area (Å²) in [5.41, 5.74) is 3.04. The van der Waals surface area contributed by atoms with E-state index in [1.165, 1.54) is 18.7 Å². The Morgan fingerprint density at radius 3 is 2.72 bits per heavy atom. The lowest BCUT2D eigenvalue weighted by molar-refractivity contribution is -0.113. The molecule has 1 aromatic heterocycles. The molecule has 0 atom stereocenters. The van der Waals surface area contributed by atoms with Crippen molar-refractivity contribution in [2.24, 2.45) is 0 Å². The highest BCUT2D eigenvalue weighted by molar-refractivity contribution is 8.01. The third-order valence-corrected chi connectivity index (χ3v) is 7.02. The molecular weight excluding hydrogens is 447 g/mol. The van der Waals surface area contributed by atoms with Gasteiger partial charge in [-0.05, 0) is 49.7 Å². The topological polar surface area (TPSA) is 59.1 Å². The molecule has 3 aromatic rings. The number of thiazole rings is 1. The van der Waals surface area contributed by atoms with Gasteiger partial charge in [0.05, 0.1) is 11.4 Å². The summed E-state index contributed by atoms with van der Waals surface area (Å²) >= 11 is 15.3. The van der Waals surface area contributed by atoms with Crippen molar-refractivity contribution in [3.05, 3.63) is 74.2 Å². The number of benzene rings is 2. The number of rotatable bonds is 7. The van der Waals surface area contributed by atoms with Crippen LogP contribution in [-0.2, 0) is 11.2 Å². The van der Waals surface area contributed by atoms with Gasteiger partial charge in [-0.2, -0.15) is 0 Å². The largest absolute Gasteiger partial charge is 0.325 e. The molecule has 1 heterocycles. The number of ketones is 1. The highest BCUT2D eigenvalue weighted by Gasteiger charge is 2.13. The minimum absolute atomic E-state index is 0.0407. The number of carbonyl (C=O) groups excluding carboxylic acids is 2. The second-order valence-corrected chi connectivity index (χ2v) is 9.52. The molecule has 0 fully saturated rings. The molecule has 150 valence electrons. The van der Waals surface area contributed by atoms with Crippen molar-refractivity contribution < 1.29 is 9.59 Å². The van der Waals surface area contributed by atoms with Crippen LogP contribution < -0.4 is 5.32 Å². The maximum atomic E-state index is 12.3. The van der Waals surface area contributed by atoms with Crippen LogP contribution in [0.5, 0.6) is 0 Å². The van der Waals surface area contributed by atoms with E-state index in [1.807, 2.05) is 13.0 Å². The zero-order valence-corrected chi connectivity index (χ0v) is 18.9. The molecule has 2 aromatic carbocycles. The molecule has 1 amide bonds. The van der Waals surface area contributed by atoms with Crippen LogP contribution in [0.4, 0.5) is 5.69 Å². The Morgan fingerprint density at radius 2 is 1.97 bits per heavy atom. The summed E-state index contributed by atoms with van der Waals surface area (Å²) in [5, 5.41) is 4.13. The Bertz CT molecular complexity index is 1070. The number of halogens is 2. The molecule has 0 bridgehead atoms. The Hall–Kier alpha value is -1.86. The molecule has 0 spiro atoms. The number of amides is 1. The molecule has 0 unspecified atom stereocenters. The van der Waals surface area contributed by atoms with E-state index in [2.05, 4.69) is 10.3 Å². The molecule has 0 radical (unpaired) electrons. The van der Waals surface area contributed by atoms with E-state index in [0.717, 1.165) is 20.5 Å². The summed E-state index contributed by atoms with van der Waals surface area (Å²) in [6.07, 6.45) is 0.646. The van der Waals surface area contributed by atoms with Gasteiger partial charge in [0.25, 0.3) is 0 Å². The van der Waals surface area contributed by atoms with Crippen LogP contribution >= 0.6 is 46.3 Å². The number of aryl methyl sites for hydroxylation is 1. The van der Waals surface area contributed by atoms with Crippen LogP contribution in [0.2, 0.25) is 10.0 Å². The summed E-state index contributed by atoms with van der Waals surface area (Å²) in [4.78, 5) is 29.4. The summed E-state index contributed by atoms with van der Waals surface area (Å²) in [5.74, 6) is 0.0401. The molecule has 8 heteroatoms. The van der Waals surface area contributed by atoms with Crippen LogP contribution in [0.25, 0.3) is 0 Å². The predicted molar refractivity (Wildman–Crippen MR) is 122 cm³/mol. The first-order chi connectivity index (χ1) is 13.8. The lowest BCUT2D eigenvalue weighted by atomic mass is 10.1. The lowest BCUT2D eigenvalue weighted by Gasteiger charge is -2.05. The van der Waals surface area contributed by atoms with Gasteiger partial charge < -0.3 is 5.32 Å². The Kier molecular flexibility index (Phi) is 7.35. The molecular formula is C21H18Cl2N2O2S2. The van der Waals surface area contributed by atoms with Crippen LogP contribution in [0, 0.1) is 6.92 Å². The maximum Gasteiger partial charge on any atom is 0.234 e. The van der Waals surface area contributed by atoms with Crippen molar-refractivity contribution in [3.8, 4) is 0 Å². The van der Waals surface area contributed by atoms with E-state index in [-0.39, 0.29) is 17.4 Å². The Balaban J connectivity index is 1.61. The van der Waals surface area contributed by atoms with E-state index in [9.17, 15) is 9.59 Å². The van der Waals surface area contributed by atoms with Crippen molar-refractivity contribution in [3.63, 3.8) is 0 Å². The monoisotopic (exact) mass is 464 g/mol. The van der Waals surface area contributed by atoms with E-state index >= 15 is 0 Å². The number of anilines is 1. The van der Waals surface area contributed by atoms with E-state index < -0.39 is 0 Å². The van der Waals surface area contributed by atoms with Gasteiger partial charge in [0.1, 0.15) is 0 Å². The van der Waals surface area contributed by atoms with Gasteiger partial charge in [0, 0.05) is 32.6 Å². The van der Waals surface area contributed by atoms with E-state index in [1.54, 1.807) is 47.7 Å². The molecule has 0 aliphatic heterocycles. The number of nitrogens with zero attached hydrogens (tertiary/aromatic N) is 1. The first kappa shape index (κ1) is 21.8. The van der Waals surface area contributed by atoms with Crippen LogP contribution in [0.15, 0.2) is 46.8 Å². The normalized spacial score (nSPS) is 10.8. The molecule has 0 aliphatic rings. The van der Waals surface area contributed by atoms with Crippen molar-refractivity contribution >= 4 is 63.7 Å². The fourth-order valence-electron chi connectivity index (χ4n) is 2.62. The highest BCUT2D eigenvalue weighted by Crippen LogP contribution is 2.31. The van der Waals surface area contributed by atoms with Gasteiger partial charge in [-0.25, -0.2) is 4.98 Å². The van der Waals surface area contributed by atoms with Crippen molar-refractivity contribution in [1.82, 2.24) is 4.98 Å². The quantitative estimate of drug-likeness (QED) is 0.330. The van der Waals surface area contributed by atoms with E-state index in [0.29, 0.717) is 27.7 Å². The fourth-order valence-corrected chi connectivity index (χ4v) is 5.06. The maximum absolute atomic E-state index is 12.3. The minimum Gasteiger partial charge on any atom is -0.325 e. The van der Waals surface area contributed by atoms with Crippen LogP contribution in [-0.4, -0.2) is 22.4 Å². The third kappa shape index (κ3) is 6.06. The number of hydrogen-bond acceptors (Lipinski definition) is 5. The van der Waals surface area contributed by atoms with Gasteiger partial charge in [0.15, 0.2) is 10.1 Å². The molecule has 0 saturated heterocycles. The SMILES string of the molecule is CC(=O)c1cccc(NC(=O)CSc2nc(C)c(Cc3cc(Cl)ccc3Cl)s2)c1. The summed E-state index contributed by atoms with van der Waals surface area (Å²) in [7, 11) is 0. The average molecular weight is 465 g/mol. The summed E-state index contributed by atoms with van der Waals surface area (Å²) < 4.78 is 0.822. The number of carbonyl (C=O) groups is 2. The van der Waals surface area contributed by atoms with Crippen LogP contribution in [0.3, 0.4) is 0 Å². The second kappa shape index (κ2) is 9.76. The van der Waals surface area contributed by atoms with Gasteiger partial charge in [-0.3, -0.25) is 9.59 Å². The van der Waals surface area contributed by atoms with Gasteiger partial charge in [-0.15, -0.1) is 11.3 Å². The zero-order chi connectivity index (χ0) is 21.0. The minimum atomic E-state index is -0.150. The Labute approximate surface area is 187 Å².